The van der Waals surface area contributed by atoms with Gasteiger partial charge in [-0.25, -0.2) is 4.39 Å². The Labute approximate surface area is 127 Å². The molecule has 0 aliphatic carbocycles. The fourth-order valence-electron chi connectivity index (χ4n) is 1.97. The molecule has 0 aliphatic heterocycles. The van der Waals surface area contributed by atoms with Crippen molar-refractivity contribution in [1.29, 1.82) is 0 Å². The maximum Gasteiger partial charge on any atom is 0.305 e. The predicted octanol–water partition coefficient (Wildman–Crippen LogP) is 2.34. The molecule has 0 aliphatic rings. The normalized spacial score (nSPS) is 10.2. The Morgan fingerprint density at radius 3 is 2.32 bits per heavy atom. The Kier molecular flexibility index (Phi) is 5.19. The first kappa shape index (κ1) is 15.6. The number of halogens is 1. The highest BCUT2D eigenvalue weighted by Gasteiger charge is 2.17. The van der Waals surface area contributed by atoms with Crippen LogP contribution in [0.4, 0.5) is 4.39 Å². The van der Waals surface area contributed by atoms with E-state index in [2.05, 4.69) is 4.98 Å². The van der Waals surface area contributed by atoms with Gasteiger partial charge in [0.25, 0.3) is 5.91 Å². The van der Waals surface area contributed by atoms with Gasteiger partial charge in [0.2, 0.25) is 0 Å². The molecule has 2 rings (SSSR count). The van der Waals surface area contributed by atoms with E-state index in [0.29, 0.717) is 5.56 Å². The zero-order valence-corrected chi connectivity index (χ0v) is 11.8. The topological polar surface area (TPSA) is 70.5 Å². The number of carboxylic acids is 1. The summed E-state index contributed by atoms with van der Waals surface area (Å²) in [5.41, 5.74) is 1.16. The molecule has 22 heavy (non-hydrogen) atoms. The highest BCUT2D eigenvalue weighted by atomic mass is 19.1. The Morgan fingerprint density at radius 1 is 1.09 bits per heavy atom. The van der Waals surface area contributed by atoms with Crippen molar-refractivity contribution in [2.45, 2.75) is 13.0 Å². The van der Waals surface area contributed by atoms with Crippen molar-refractivity contribution in [3.8, 4) is 0 Å². The fourth-order valence-corrected chi connectivity index (χ4v) is 1.97. The highest BCUT2D eigenvalue weighted by Crippen LogP contribution is 2.11. The van der Waals surface area contributed by atoms with Crippen LogP contribution in [0.1, 0.15) is 22.3 Å². The molecular formula is C16H15FN2O3. The van der Waals surface area contributed by atoms with Gasteiger partial charge in [0.1, 0.15) is 5.82 Å². The van der Waals surface area contributed by atoms with E-state index in [4.69, 9.17) is 5.11 Å². The van der Waals surface area contributed by atoms with Gasteiger partial charge in [0.05, 0.1) is 6.42 Å². The summed E-state index contributed by atoms with van der Waals surface area (Å²) in [6.07, 6.45) is 3.05. The van der Waals surface area contributed by atoms with Crippen molar-refractivity contribution in [1.82, 2.24) is 9.88 Å². The van der Waals surface area contributed by atoms with Crippen LogP contribution in [-0.4, -0.2) is 33.4 Å². The molecule has 1 aromatic heterocycles. The summed E-state index contributed by atoms with van der Waals surface area (Å²) in [5, 5.41) is 8.82. The van der Waals surface area contributed by atoms with E-state index >= 15 is 0 Å². The van der Waals surface area contributed by atoms with Crippen LogP contribution in [0.25, 0.3) is 0 Å². The van der Waals surface area contributed by atoms with Crippen LogP contribution >= 0.6 is 0 Å². The maximum absolute atomic E-state index is 12.9. The summed E-state index contributed by atoms with van der Waals surface area (Å²) in [6.45, 7) is 0.347. The van der Waals surface area contributed by atoms with E-state index in [0.717, 1.165) is 5.56 Å². The molecule has 0 saturated heterocycles. The van der Waals surface area contributed by atoms with Gasteiger partial charge in [-0.2, -0.15) is 0 Å². The molecular weight excluding hydrogens is 287 g/mol. The molecule has 0 saturated carbocycles. The van der Waals surface area contributed by atoms with E-state index in [-0.39, 0.29) is 25.4 Å². The lowest BCUT2D eigenvalue weighted by Gasteiger charge is -2.22. The Hall–Kier alpha value is -2.76. The summed E-state index contributed by atoms with van der Waals surface area (Å²) in [4.78, 5) is 28.6. The molecule has 0 atom stereocenters. The van der Waals surface area contributed by atoms with Gasteiger partial charge in [0.15, 0.2) is 0 Å². The minimum Gasteiger partial charge on any atom is -0.481 e. The van der Waals surface area contributed by atoms with Crippen molar-refractivity contribution >= 4 is 11.9 Å². The van der Waals surface area contributed by atoms with Crippen LogP contribution in [0, 0.1) is 5.82 Å². The van der Waals surface area contributed by atoms with Gasteiger partial charge in [-0.05, 0) is 42.0 Å². The van der Waals surface area contributed by atoms with Crippen molar-refractivity contribution in [2.75, 3.05) is 6.54 Å². The summed E-state index contributed by atoms with van der Waals surface area (Å²) in [7, 11) is 0. The molecule has 1 amide bonds. The average molecular weight is 302 g/mol. The fraction of sp³-hybridized carbons (Fsp3) is 0.188. The van der Waals surface area contributed by atoms with E-state index < -0.39 is 11.8 Å². The molecule has 1 heterocycles. The van der Waals surface area contributed by atoms with Crippen LogP contribution in [0.5, 0.6) is 0 Å². The van der Waals surface area contributed by atoms with Crippen LogP contribution in [0.3, 0.4) is 0 Å². The standard InChI is InChI=1S/C16H15FN2O3/c17-14-3-1-13(2-4-14)16(22)19(10-7-15(20)21)11-12-5-8-18-9-6-12/h1-6,8-9H,7,10-11H2,(H,20,21). The van der Waals surface area contributed by atoms with Gasteiger partial charge < -0.3 is 10.0 Å². The Bertz CT molecular complexity index is 644. The minimum absolute atomic E-state index is 0.0772. The van der Waals surface area contributed by atoms with Crippen LogP contribution in [0.2, 0.25) is 0 Å². The summed E-state index contributed by atoms with van der Waals surface area (Å²) >= 11 is 0. The molecule has 0 bridgehead atoms. The first-order chi connectivity index (χ1) is 10.6. The number of hydrogen-bond donors (Lipinski definition) is 1. The molecule has 5 nitrogen and oxygen atoms in total. The number of aliphatic carboxylic acids is 1. The van der Waals surface area contributed by atoms with E-state index in [1.54, 1.807) is 24.5 Å². The third-order valence-electron chi connectivity index (χ3n) is 3.10. The largest absolute Gasteiger partial charge is 0.481 e. The number of benzene rings is 1. The number of nitrogens with zero attached hydrogens (tertiary/aromatic N) is 2. The number of rotatable bonds is 6. The third kappa shape index (κ3) is 4.37. The van der Waals surface area contributed by atoms with Gasteiger partial charge in [-0.15, -0.1) is 0 Å². The van der Waals surface area contributed by atoms with E-state index in [1.165, 1.54) is 29.2 Å². The number of carboxylic acid groups (broad SMARTS) is 1. The average Bonchev–Trinajstić information content (AvgIpc) is 2.52. The summed E-state index contributed by atoms with van der Waals surface area (Å²) in [6, 6.07) is 8.69. The van der Waals surface area contributed by atoms with Crippen LogP contribution in [0.15, 0.2) is 48.8 Å². The molecule has 2 aromatic rings. The first-order valence-corrected chi connectivity index (χ1v) is 6.72. The molecule has 1 aromatic carbocycles. The van der Waals surface area contributed by atoms with Gasteiger partial charge in [-0.1, -0.05) is 0 Å². The molecule has 0 spiro atoms. The van der Waals surface area contributed by atoms with Crippen LogP contribution < -0.4 is 0 Å². The number of pyridine rings is 1. The second kappa shape index (κ2) is 7.31. The minimum atomic E-state index is -0.980. The second-order valence-corrected chi connectivity index (χ2v) is 4.73. The van der Waals surface area contributed by atoms with Crippen molar-refractivity contribution in [3.63, 3.8) is 0 Å². The molecule has 114 valence electrons. The molecule has 0 unspecified atom stereocenters. The molecule has 0 radical (unpaired) electrons. The summed E-state index contributed by atoms with van der Waals surface area (Å²) < 4.78 is 12.9. The lowest BCUT2D eigenvalue weighted by atomic mass is 10.1. The number of hydrogen-bond acceptors (Lipinski definition) is 3. The SMILES string of the molecule is O=C(O)CCN(Cc1ccncc1)C(=O)c1ccc(F)cc1. The zero-order chi connectivity index (χ0) is 15.9. The van der Waals surface area contributed by atoms with E-state index in [1.807, 2.05) is 0 Å². The number of amides is 1. The van der Waals surface area contributed by atoms with Crippen LogP contribution in [-0.2, 0) is 11.3 Å². The van der Waals surface area contributed by atoms with Crippen molar-refractivity contribution < 1.29 is 19.1 Å². The summed E-state index contributed by atoms with van der Waals surface area (Å²) in [5.74, 6) is -1.74. The predicted molar refractivity (Wildman–Crippen MR) is 77.6 cm³/mol. The van der Waals surface area contributed by atoms with E-state index in [9.17, 15) is 14.0 Å². The Morgan fingerprint density at radius 2 is 1.73 bits per heavy atom. The number of carbonyl (C=O) groups is 2. The lowest BCUT2D eigenvalue weighted by molar-refractivity contribution is -0.137. The molecule has 1 N–H and O–H groups in total. The Balaban J connectivity index is 2.17. The monoisotopic (exact) mass is 302 g/mol. The maximum atomic E-state index is 12.9. The third-order valence-corrected chi connectivity index (χ3v) is 3.10. The molecule has 6 heteroatoms. The first-order valence-electron chi connectivity index (χ1n) is 6.72. The zero-order valence-electron chi connectivity index (χ0n) is 11.8. The van der Waals surface area contributed by atoms with Crippen molar-refractivity contribution in [2.24, 2.45) is 0 Å². The number of carbonyl (C=O) groups excluding carboxylic acids is 1. The number of aromatic nitrogens is 1. The smallest absolute Gasteiger partial charge is 0.305 e. The lowest BCUT2D eigenvalue weighted by Crippen LogP contribution is -2.32. The van der Waals surface area contributed by atoms with Gasteiger partial charge in [0, 0.05) is 31.0 Å². The molecule has 0 fully saturated rings. The highest BCUT2D eigenvalue weighted by molar-refractivity contribution is 5.94. The van der Waals surface area contributed by atoms with Crippen molar-refractivity contribution in [3.05, 3.63) is 65.7 Å². The van der Waals surface area contributed by atoms with Gasteiger partial charge in [-0.3, -0.25) is 14.6 Å². The van der Waals surface area contributed by atoms with Gasteiger partial charge >= 0.3 is 5.97 Å². The quantitative estimate of drug-likeness (QED) is 0.889. The second-order valence-electron chi connectivity index (χ2n) is 4.73.